The van der Waals surface area contributed by atoms with Crippen LogP contribution in [0.25, 0.3) is 16.6 Å². The molecule has 4 heterocycles. The van der Waals surface area contributed by atoms with E-state index in [-0.39, 0.29) is 21.1 Å². The number of H-pyrrole nitrogens is 1. The molecule has 2 aromatic heterocycles. The van der Waals surface area contributed by atoms with Gasteiger partial charge in [-0.25, -0.2) is 8.42 Å². The molecule has 1 N–H and O–H groups in total. The molecule has 0 saturated carbocycles. The quantitative estimate of drug-likeness (QED) is 0.482. The number of hydrogen-bond donors (Lipinski definition) is 1. The number of anilines is 1. The Balaban J connectivity index is 1.48. The number of sulfone groups is 1. The molecule has 0 radical (unpaired) electrons. The number of fused-ring (bicyclic) bond motifs is 4. The van der Waals surface area contributed by atoms with Crippen molar-refractivity contribution >= 4 is 32.1 Å². The maximum absolute atomic E-state index is 13.5. The molecule has 4 aromatic rings. The molecule has 6 rings (SSSR count). The standard InChI is InChI=1S/C24H26N6O3S/c1-15-5-8-21(16(2)12-15)34(32,33)24-22-25-23(31)19-7-6-17(13-20(19)30(22)27-26-24)29-11-10-28-9-3-4-18(28)14-29/h5-8,12-13,18H,3-4,9-11,14H2,1-2H3,(H,25,31)/t18-/m1/s1. The Morgan fingerprint density at radius 1 is 1.06 bits per heavy atom. The van der Waals surface area contributed by atoms with Crippen molar-refractivity contribution in [3.63, 3.8) is 0 Å². The first-order valence-corrected chi connectivity index (χ1v) is 13.0. The fourth-order valence-corrected chi connectivity index (χ4v) is 6.89. The van der Waals surface area contributed by atoms with Gasteiger partial charge >= 0.3 is 0 Å². The highest BCUT2D eigenvalue weighted by Crippen LogP contribution is 2.29. The summed E-state index contributed by atoms with van der Waals surface area (Å²) >= 11 is 0. The van der Waals surface area contributed by atoms with Gasteiger partial charge in [0.05, 0.1) is 15.8 Å². The van der Waals surface area contributed by atoms with Crippen LogP contribution in [0.15, 0.2) is 51.1 Å². The summed E-state index contributed by atoms with van der Waals surface area (Å²) in [5.74, 6) is 0. The molecule has 1 atom stereocenters. The summed E-state index contributed by atoms with van der Waals surface area (Å²) in [5.41, 5.74) is 2.84. The van der Waals surface area contributed by atoms with Crippen molar-refractivity contribution in [2.75, 3.05) is 31.1 Å². The predicted octanol–water partition coefficient (Wildman–Crippen LogP) is 2.30. The van der Waals surface area contributed by atoms with Crippen molar-refractivity contribution in [1.82, 2.24) is 24.7 Å². The number of piperazine rings is 1. The highest BCUT2D eigenvalue weighted by Gasteiger charge is 2.31. The van der Waals surface area contributed by atoms with E-state index in [1.54, 1.807) is 25.1 Å². The number of hydrogen-bond acceptors (Lipinski definition) is 7. The van der Waals surface area contributed by atoms with Crippen molar-refractivity contribution in [2.45, 2.75) is 42.7 Å². The van der Waals surface area contributed by atoms with Crippen LogP contribution < -0.4 is 10.5 Å². The molecule has 2 aliphatic rings. The molecule has 10 heteroatoms. The van der Waals surface area contributed by atoms with Crippen molar-refractivity contribution in [3.05, 3.63) is 57.9 Å². The summed E-state index contributed by atoms with van der Waals surface area (Å²) in [6, 6.07) is 11.4. The van der Waals surface area contributed by atoms with Crippen LogP contribution in [0.5, 0.6) is 0 Å². The number of rotatable bonds is 3. The summed E-state index contributed by atoms with van der Waals surface area (Å²) in [6.07, 6.45) is 2.44. The molecule has 0 unspecified atom stereocenters. The second-order valence-electron chi connectivity index (χ2n) is 9.36. The fraction of sp³-hybridized carbons (Fsp3) is 0.375. The van der Waals surface area contributed by atoms with Crippen LogP contribution >= 0.6 is 0 Å². The number of nitrogens with one attached hydrogen (secondary N) is 1. The molecule has 0 bridgehead atoms. The molecule has 176 valence electrons. The van der Waals surface area contributed by atoms with Crippen molar-refractivity contribution in [2.24, 2.45) is 0 Å². The molecular weight excluding hydrogens is 452 g/mol. The van der Waals surface area contributed by atoms with Gasteiger partial charge in [0.1, 0.15) is 0 Å². The predicted molar refractivity (Wildman–Crippen MR) is 129 cm³/mol. The van der Waals surface area contributed by atoms with Gasteiger partial charge < -0.3 is 9.88 Å². The normalized spacial score (nSPS) is 19.2. The van der Waals surface area contributed by atoms with Crippen molar-refractivity contribution in [1.29, 1.82) is 0 Å². The Hall–Kier alpha value is -3.24. The lowest BCUT2D eigenvalue weighted by Gasteiger charge is -2.38. The van der Waals surface area contributed by atoms with E-state index in [2.05, 4.69) is 25.1 Å². The maximum atomic E-state index is 13.5. The second kappa shape index (κ2) is 7.64. The third-order valence-electron chi connectivity index (χ3n) is 7.15. The number of aromatic nitrogens is 4. The first kappa shape index (κ1) is 21.3. The molecule has 2 fully saturated rings. The third kappa shape index (κ3) is 3.24. The highest BCUT2D eigenvalue weighted by atomic mass is 32.2. The van der Waals surface area contributed by atoms with Gasteiger partial charge in [-0.05, 0) is 63.1 Å². The highest BCUT2D eigenvalue weighted by molar-refractivity contribution is 7.91. The SMILES string of the molecule is Cc1ccc(S(=O)(=O)c2nnn3c2[nH]c(=O)c2ccc(N4CCN5CCC[C@@H]5C4)cc23)c(C)c1. The third-order valence-corrected chi connectivity index (χ3v) is 8.97. The van der Waals surface area contributed by atoms with Gasteiger partial charge in [0, 0.05) is 31.4 Å². The molecule has 9 nitrogen and oxygen atoms in total. The van der Waals surface area contributed by atoms with E-state index in [0.717, 1.165) is 30.9 Å². The van der Waals surface area contributed by atoms with Gasteiger partial charge in [-0.3, -0.25) is 9.69 Å². The molecule has 34 heavy (non-hydrogen) atoms. The fourth-order valence-electron chi connectivity index (χ4n) is 5.41. The van der Waals surface area contributed by atoms with E-state index in [4.69, 9.17) is 0 Å². The topological polar surface area (TPSA) is 104 Å². The largest absolute Gasteiger partial charge is 0.369 e. The molecule has 0 aliphatic carbocycles. The van der Waals surface area contributed by atoms with E-state index in [0.29, 0.717) is 22.5 Å². The van der Waals surface area contributed by atoms with Crippen LogP contribution in [0.1, 0.15) is 24.0 Å². The Bertz CT molecular complexity index is 1610. The zero-order valence-electron chi connectivity index (χ0n) is 19.2. The minimum atomic E-state index is -3.98. The zero-order chi connectivity index (χ0) is 23.6. The minimum Gasteiger partial charge on any atom is -0.369 e. The molecule has 0 amide bonds. The van der Waals surface area contributed by atoms with Crippen LogP contribution in [0.2, 0.25) is 0 Å². The van der Waals surface area contributed by atoms with Crippen LogP contribution in [-0.2, 0) is 9.84 Å². The maximum Gasteiger partial charge on any atom is 0.259 e. The van der Waals surface area contributed by atoms with Gasteiger partial charge in [-0.2, -0.15) is 4.52 Å². The van der Waals surface area contributed by atoms with Crippen LogP contribution in [-0.4, -0.2) is 65.4 Å². The summed E-state index contributed by atoms with van der Waals surface area (Å²) in [5, 5.41) is 8.37. The van der Waals surface area contributed by atoms with E-state index < -0.39 is 9.84 Å². The molecule has 2 saturated heterocycles. The first-order valence-electron chi connectivity index (χ1n) is 11.6. The summed E-state index contributed by atoms with van der Waals surface area (Å²) in [7, 11) is -3.98. The van der Waals surface area contributed by atoms with Crippen molar-refractivity contribution < 1.29 is 8.42 Å². The van der Waals surface area contributed by atoms with E-state index in [1.807, 2.05) is 25.1 Å². The van der Waals surface area contributed by atoms with Gasteiger partial charge in [-0.1, -0.05) is 22.9 Å². The van der Waals surface area contributed by atoms with E-state index in [1.165, 1.54) is 23.9 Å². The number of nitrogens with zero attached hydrogens (tertiary/aromatic N) is 5. The Kier molecular flexibility index (Phi) is 4.79. The van der Waals surface area contributed by atoms with Crippen molar-refractivity contribution in [3.8, 4) is 0 Å². The van der Waals surface area contributed by atoms with Crippen LogP contribution in [0.3, 0.4) is 0 Å². The van der Waals surface area contributed by atoms with Gasteiger partial charge in [0.2, 0.25) is 14.9 Å². The molecular formula is C24H26N6O3S. The zero-order valence-corrected chi connectivity index (χ0v) is 20.0. The first-order chi connectivity index (χ1) is 16.3. The summed E-state index contributed by atoms with van der Waals surface area (Å²) < 4.78 is 28.3. The van der Waals surface area contributed by atoms with E-state index in [9.17, 15) is 13.2 Å². The Labute approximate surface area is 196 Å². The van der Waals surface area contributed by atoms with Gasteiger partial charge in [0.15, 0.2) is 5.65 Å². The Morgan fingerprint density at radius 2 is 1.91 bits per heavy atom. The van der Waals surface area contributed by atoms with Crippen LogP contribution in [0, 0.1) is 13.8 Å². The number of aryl methyl sites for hydroxylation is 2. The number of aromatic amines is 1. The smallest absolute Gasteiger partial charge is 0.259 e. The lowest BCUT2D eigenvalue weighted by atomic mass is 10.1. The monoisotopic (exact) mass is 478 g/mol. The average molecular weight is 479 g/mol. The second-order valence-corrected chi connectivity index (χ2v) is 11.2. The molecule has 0 spiro atoms. The molecule has 2 aliphatic heterocycles. The lowest BCUT2D eigenvalue weighted by Crippen LogP contribution is -2.50. The summed E-state index contributed by atoms with van der Waals surface area (Å²) in [4.78, 5) is 20.7. The number of benzene rings is 2. The molecule has 2 aromatic carbocycles. The van der Waals surface area contributed by atoms with E-state index >= 15 is 0 Å². The van der Waals surface area contributed by atoms with Crippen LogP contribution in [0.4, 0.5) is 5.69 Å². The lowest BCUT2D eigenvalue weighted by molar-refractivity contribution is 0.231. The van der Waals surface area contributed by atoms with Gasteiger partial charge in [-0.15, -0.1) is 5.10 Å². The van der Waals surface area contributed by atoms with Gasteiger partial charge in [0.25, 0.3) is 5.56 Å². The average Bonchev–Trinajstić information content (AvgIpc) is 3.45. The summed E-state index contributed by atoms with van der Waals surface area (Å²) in [6.45, 7) is 7.71. The minimum absolute atomic E-state index is 0.0789. The Morgan fingerprint density at radius 3 is 2.74 bits per heavy atom.